The lowest BCUT2D eigenvalue weighted by Crippen LogP contribution is -2.42. The fraction of sp³-hybridized carbons (Fsp3) is 0.538. The first-order valence-electron chi connectivity index (χ1n) is 6.66. The maximum Gasteiger partial charge on any atom is 0.340 e. The predicted octanol–water partition coefficient (Wildman–Crippen LogP) is 1.35. The zero-order chi connectivity index (χ0) is 15.6. The second-order valence-electron chi connectivity index (χ2n) is 5.07. The Morgan fingerprint density at radius 3 is 2.76 bits per heavy atom. The van der Waals surface area contributed by atoms with Crippen LogP contribution in [0, 0.1) is 12.8 Å². The number of aromatic nitrogens is 1. The Hall–Kier alpha value is -1.96. The van der Waals surface area contributed by atoms with E-state index in [1.165, 1.54) is 6.92 Å². The number of rotatable bonds is 3. The van der Waals surface area contributed by atoms with E-state index < -0.39 is 5.97 Å². The van der Waals surface area contributed by atoms with Gasteiger partial charge in [-0.05, 0) is 31.3 Å². The second kappa shape index (κ2) is 6.21. The molecule has 2 rings (SSSR count). The zero-order valence-corrected chi connectivity index (χ0v) is 12.7. The van der Waals surface area contributed by atoms with Crippen LogP contribution in [0.1, 0.15) is 35.8 Å². The first kappa shape index (κ1) is 15.4. The summed E-state index contributed by atoms with van der Waals surface area (Å²) in [4.78, 5) is 36.4. The number of nitrogens with zero attached hydrogens (tertiary/aromatic N) is 2. The summed E-state index contributed by atoms with van der Waals surface area (Å²) in [5, 5.41) is 12.0. The van der Waals surface area contributed by atoms with Gasteiger partial charge in [-0.25, -0.2) is 4.79 Å². The van der Waals surface area contributed by atoms with Crippen molar-refractivity contribution in [3.05, 3.63) is 11.3 Å². The van der Waals surface area contributed by atoms with Crippen LogP contribution in [0.4, 0.5) is 5.00 Å². The molecular weight excluding hydrogens is 294 g/mol. The molecule has 1 aromatic heterocycles. The SMILES string of the molecule is CC(=O)N1CCCC(C(=O)Nc2snc(C)c2C(=O)O)C1. The summed E-state index contributed by atoms with van der Waals surface area (Å²) >= 11 is 0.961. The van der Waals surface area contributed by atoms with Crippen molar-refractivity contribution in [2.45, 2.75) is 26.7 Å². The molecule has 0 saturated carbocycles. The predicted molar refractivity (Wildman–Crippen MR) is 77.4 cm³/mol. The Morgan fingerprint density at radius 2 is 2.14 bits per heavy atom. The molecule has 7 nitrogen and oxygen atoms in total. The molecule has 1 aliphatic rings. The highest BCUT2D eigenvalue weighted by Crippen LogP contribution is 2.26. The number of anilines is 1. The van der Waals surface area contributed by atoms with Crippen LogP contribution in [0.15, 0.2) is 0 Å². The van der Waals surface area contributed by atoms with E-state index >= 15 is 0 Å². The van der Waals surface area contributed by atoms with Gasteiger partial charge in [-0.2, -0.15) is 4.37 Å². The maximum absolute atomic E-state index is 12.3. The van der Waals surface area contributed by atoms with Gasteiger partial charge in [0.25, 0.3) is 0 Å². The number of hydrogen-bond donors (Lipinski definition) is 2. The van der Waals surface area contributed by atoms with Gasteiger partial charge in [0, 0.05) is 20.0 Å². The zero-order valence-electron chi connectivity index (χ0n) is 11.9. The summed E-state index contributed by atoms with van der Waals surface area (Å²) in [6.07, 6.45) is 1.46. The Kier molecular flexibility index (Phi) is 4.56. The van der Waals surface area contributed by atoms with Gasteiger partial charge < -0.3 is 15.3 Å². The van der Waals surface area contributed by atoms with Crippen molar-refractivity contribution in [1.29, 1.82) is 0 Å². The molecule has 0 aliphatic carbocycles. The second-order valence-corrected chi connectivity index (χ2v) is 5.84. The average molecular weight is 311 g/mol. The highest BCUT2D eigenvalue weighted by atomic mass is 32.1. The van der Waals surface area contributed by atoms with E-state index in [0.717, 1.165) is 18.0 Å². The van der Waals surface area contributed by atoms with E-state index in [0.29, 0.717) is 25.2 Å². The summed E-state index contributed by atoms with van der Waals surface area (Å²) in [5.74, 6) is -1.73. The average Bonchev–Trinajstić information content (AvgIpc) is 2.79. The molecule has 2 amide bonds. The number of nitrogens with one attached hydrogen (secondary N) is 1. The normalized spacial score (nSPS) is 18.4. The van der Waals surface area contributed by atoms with Crippen molar-refractivity contribution in [3.8, 4) is 0 Å². The van der Waals surface area contributed by atoms with Crippen LogP contribution in [0.25, 0.3) is 0 Å². The van der Waals surface area contributed by atoms with Gasteiger partial charge in [0.1, 0.15) is 10.6 Å². The quantitative estimate of drug-likeness (QED) is 0.877. The van der Waals surface area contributed by atoms with Gasteiger partial charge in [-0.3, -0.25) is 9.59 Å². The third kappa shape index (κ3) is 3.38. The number of carboxylic acids is 1. The monoisotopic (exact) mass is 311 g/mol. The van der Waals surface area contributed by atoms with Crippen LogP contribution in [0.5, 0.6) is 0 Å². The van der Waals surface area contributed by atoms with Crippen molar-refractivity contribution >= 4 is 34.3 Å². The standard InChI is InChI=1S/C13H17N3O4S/c1-7-10(13(19)20)12(21-15-7)14-11(18)9-4-3-5-16(6-9)8(2)17/h9H,3-6H2,1-2H3,(H,14,18)(H,19,20). The molecule has 0 bridgehead atoms. The van der Waals surface area contributed by atoms with E-state index in [9.17, 15) is 14.4 Å². The maximum atomic E-state index is 12.3. The van der Waals surface area contributed by atoms with Crippen LogP contribution in [0.2, 0.25) is 0 Å². The molecule has 1 unspecified atom stereocenters. The number of carbonyl (C=O) groups is 3. The molecule has 2 N–H and O–H groups in total. The topological polar surface area (TPSA) is 99.6 Å². The molecule has 1 atom stereocenters. The van der Waals surface area contributed by atoms with Crippen molar-refractivity contribution < 1.29 is 19.5 Å². The first-order valence-corrected chi connectivity index (χ1v) is 7.43. The van der Waals surface area contributed by atoms with Gasteiger partial charge in [0.15, 0.2) is 0 Å². The molecule has 0 aromatic carbocycles. The summed E-state index contributed by atoms with van der Waals surface area (Å²) in [5.41, 5.74) is 0.421. The Balaban J connectivity index is 2.08. The van der Waals surface area contributed by atoms with Gasteiger partial charge in [0.2, 0.25) is 11.8 Å². The molecule has 114 valence electrons. The van der Waals surface area contributed by atoms with Gasteiger partial charge in [-0.1, -0.05) is 0 Å². The number of likely N-dealkylation sites (tertiary alicyclic amines) is 1. The smallest absolute Gasteiger partial charge is 0.340 e. The molecule has 2 heterocycles. The minimum Gasteiger partial charge on any atom is -0.478 e. The molecule has 21 heavy (non-hydrogen) atoms. The Morgan fingerprint density at radius 1 is 1.43 bits per heavy atom. The minimum atomic E-state index is -1.11. The van der Waals surface area contributed by atoms with Gasteiger partial charge in [-0.15, -0.1) is 0 Å². The molecular formula is C13H17N3O4S. The molecule has 1 saturated heterocycles. The summed E-state index contributed by atoms with van der Waals surface area (Å²) in [6.45, 7) is 4.11. The van der Waals surface area contributed by atoms with Crippen LogP contribution in [-0.4, -0.2) is 45.3 Å². The fourth-order valence-electron chi connectivity index (χ4n) is 2.40. The van der Waals surface area contributed by atoms with Crippen molar-refractivity contribution in [3.63, 3.8) is 0 Å². The Labute approximate surface area is 126 Å². The Bertz CT molecular complexity index is 584. The van der Waals surface area contributed by atoms with Crippen molar-refractivity contribution in [2.24, 2.45) is 5.92 Å². The molecule has 1 aromatic rings. The third-order valence-corrected chi connectivity index (χ3v) is 4.40. The lowest BCUT2D eigenvalue weighted by atomic mass is 9.97. The number of carboxylic acid groups (broad SMARTS) is 1. The lowest BCUT2D eigenvalue weighted by Gasteiger charge is -2.31. The number of carbonyl (C=O) groups excluding carboxylic acids is 2. The highest BCUT2D eigenvalue weighted by Gasteiger charge is 2.28. The molecule has 1 aliphatic heterocycles. The molecule has 1 fully saturated rings. The van der Waals surface area contributed by atoms with Crippen molar-refractivity contribution in [1.82, 2.24) is 9.27 Å². The summed E-state index contributed by atoms with van der Waals surface area (Å²) in [7, 11) is 0. The number of amides is 2. The molecule has 8 heteroatoms. The minimum absolute atomic E-state index is 0.0348. The number of piperidine rings is 1. The van der Waals surface area contributed by atoms with Gasteiger partial charge in [0.05, 0.1) is 11.6 Å². The van der Waals surface area contributed by atoms with Gasteiger partial charge >= 0.3 is 5.97 Å². The number of aryl methyl sites for hydroxylation is 1. The largest absolute Gasteiger partial charge is 0.478 e. The van der Waals surface area contributed by atoms with Crippen LogP contribution in [0.3, 0.4) is 0 Å². The molecule has 0 radical (unpaired) electrons. The lowest BCUT2D eigenvalue weighted by molar-refractivity contribution is -0.132. The number of hydrogen-bond acceptors (Lipinski definition) is 5. The fourth-order valence-corrected chi connectivity index (χ4v) is 3.19. The van der Waals surface area contributed by atoms with Crippen LogP contribution in [-0.2, 0) is 9.59 Å². The van der Waals surface area contributed by atoms with Crippen LogP contribution < -0.4 is 5.32 Å². The highest BCUT2D eigenvalue weighted by molar-refractivity contribution is 7.11. The van der Waals surface area contributed by atoms with Crippen LogP contribution >= 0.6 is 11.5 Å². The van der Waals surface area contributed by atoms with E-state index in [1.807, 2.05) is 0 Å². The van der Waals surface area contributed by atoms with E-state index in [2.05, 4.69) is 9.69 Å². The first-order chi connectivity index (χ1) is 9.90. The summed E-state index contributed by atoms with van der Waals surface area (Å²) < 4.78 is 3.96. The number of aromatic carboxylic acids is 1. The van der Waals surface area contributed by atoms with E-state index in [4.69, 9.17) is 5.11 Å². The van der Waals surface area contributed by atoms with E-state index in [-0.39, 0.29) is 28.3 Å². The van der Waals surface area contributed by atoms with E-state index in [1.54, 1.807) is 11.8 Å². The summed E-state index contributed by atoms with van der Waals surface area (Å²) in [6, 6.07) is 0. The molecule has 0 spiro atoms. The third-order valence-electron chi connectivity index (χ3n) is 3.55. The van der Waals surface area contributed by atoms with Crippen molar-refractivity contribution in [2.75, 3.05) is 18.4 Å².